The summed E-state index contributed by atoms with van der Waals surface area (Å²) in [5, 5.41) is 0. The summed E-state index contributed by atoms with van der Waals surface area (Å²) in [4.78, 5) is 22.9. The fourth-order valence-corrected chi connectivity index (χ4v) is 3.44. The van der Waals surface area contributed by atoms with Gasteiger partial charge >= 0.3 is 5.97 Å². The zero-order chi connectivity index (χ0) is 13.7. The van der Waals surface area contributed by atoms with Gasteiger partial charge in [0.15, 0.2) is 0 Å². The Balaban J connectivity index is 1.75. The molecule has 2 aliphatic rings. The van der Waals surface area contributed by atoms with Crippen LogP contribution >= 0.6 is 0 Å². The van der Waals surface area contributed by atoms with Gasteiger partial charge in [-0.05, 0) is 31.6 Å². The highest BCUT2D eigenvalue weighted by atomic mass is 16.5. The summed E-state index contributed by atoms with van der Waals surface area (Å²) in [5.74, 6) is 0.329. The average molecular weight is 268 g/mol. The maximum absolute atomic E-state index is 11.9. The van der Waals surface area contributed by atoms with Gasteiger partial charge in [0, 0.05) is 19.4 Å². The number of ketones is 1. The number of Topliss-reactive ketones (excluding diaryl/α,β-unsaturated/α-hetero) is 1. The van der Waals surface area contributed by atoms with Crippen molar-refractivity contribution in [1.29, 1.82) is 0 Å². The first-order valence-electron chi connectivity index (χ1n) is 7.36. The minimum Gasteiger partial charge on any atom is -0.469 e. The first-order chi connectivity index (χ1) is 9.13. The number of rotatable bonds is 5. The highest BCUT2D eigenvalue weighted by Crippen LogP contribution is 2.42. The van der Waals surface area contributed by atoms with Crippen LogP contribution in [0.3, 0.4) is 0 Å². The molecule has 0 N–H and O–H groups in total. The maximum Gasteiger partial charge on any atom is 0.305 e. The summed E-state index contributed by atoms with van der Waals surface area (Å²) in [7, 11) is 1.36. The van der Waals surface area contributed by atoms with Crippen molar-refractivity contribution in [3.8, 4) is 0 Å². The number of hydrogen-bond donors (Lipinski definition) is 0. The highest BCUT2D eigenvalue weighted by molar-refractivity contribution is 5.83. The van der Waals surface area contributed by atoms with Crippen LogP contribution in [-0.2, 0) is 19.1 Å². The number of hydrogen-bond acceptors (Lipinski definition) is 4. The zero-order valence-corrected chi connectivity index (χ0v) is 11.8. The third-order valence-corrected chi connectivity index (χ3v) is 4.46. The van der Waals surface area contributed by atoms with Gasteiger partial charge in [-0.2, -0.15) is 0 Å². The van der Waals surface area contributed by atoms with E-state index in [1.165, 1.54) is 20.0 Å². The highest BCUT2D eigenvalue weighted by Gasteiger charge is 2.40. The standard InChI is InChI=1S/C15H24O4/c1-18-14(17)5-4-13(16)10-12-6-9-19-15(11-12)7-2-3-8-15/h12H,2-11H2,1H3. The second kappa shape index (κ2) is 6.51. The molecule has 2 fully saturated rings. The third-order valence-electron chi connectivity index (χ3n) is 4.46. The van der Waals surface area contributed by atoms with Crippen LogP contribution in [-0.4, -0.2) is 31.1 Å². The van der Waals surface area contributed by atoms with Gasteiger partial charge in [0.2, 0.25) is 0 Å². The van der Waals surface area contributed by atoms with Crippen LogP contribution < -0.4 is 0 Å². The van der Waals surface area contributed by atoms with Gasteiger partial charge in [0.05, 0.1) is 19.1 Å². The molecular formula is C15H24O4. The summed E-state index contributed by atoms with van der Waals surface area (Å²) < 4.78 is 10.5. The van der Waals surface area contributed by atoms with Crippen molar-refractivity contribution in [1.82, 2.24) is 0 Å². The largest absolute Gasteiger partial charge is 0.469 e. The monoisotopic (exact) mass is 268 g/mol. The molecule has 1 saturated heterocycles. The minimum atomic E-state index is -0.299. The molecule has 1 unspecified atom stereocenters. The maximum atomic E-state index is 11.9. The number of carbonyl (C=O) groups is 2. The zero-order valence-electron chi connectivity index (χ0n) is 11.8. The van der Waals surface area contributed by atoms with Crippen LogP contribution in [0.5, 0.6) is 0 Å². The number of esters is 1. The molecule has 0 aromatic carbocycles. The molecule has 0 amide bonds. The van der Waals surface area contributed by atoms with E-state index in [0.29, 0.717) is 18.8 Å². The summed E-state index contributed by atoms with van der Waals surface area (Å²) in [6, 6.07) is 0. The van der Waals surface area contributed by atoms with Crippen molar-refractivity contribution in [3.05, 3.63) is 0 Å². The van der Waals surface area contributed by atoms with Crippen LogP contribution in [0.4, 0.5) is 0 Å². The molecule has 1 aliphatic carbocycles. The van der Waals surface area contributed by atoms with E-state index >= 15 is 0 Å². The Morgan fingerprint density at radius 1 is 1.26 bits per heavy atom. The average Bonchev–Trinajstić information content (AvgIpc) is 2.84. The van der Waals surface area contributed by atoms with Crippen molar-refractivity contribution < 1.29 is 19.1 Å². The molecule has 4 nitrogen and oxygen atoms in total. The molecule has 2 rings (SSSR count). The fourth-order valence-electron chi connectivity index (χ4n) is 3.44. The van der Waals surface area contributed by atoms with Gasteiger partial charge in [-0.3, -0.25) is 9.59 Å². The molecule has 0 bridgehead atoms. The van der Waals surface area contributed by atoms with Gasteiger partial charge in [0.1, 0.15) is 5.78 Å². The van der Waals surface area contributed by atoms with E-state index in [0.717, 1.165) is 32.3 Å². The fraction of sp³-hybridized carbons (Fsp3) is 0.867. The van der Waals surface area contributed by atoms with E-state index in [2.05, 4.69) is 4.74 Å². The van der Waals surface area contributed by atoms with Crippen molar-refractivity contribution in [2.75, 3.05) is 13.7 Å². The smallest absolute Gasteiger partial charge is 0.305 e. The Bertz CT molecular complexity index is 331. The lowest BCUT2D eigenvalue weighted by Crippen LogP contribution is -2.37. The SMILES string of the molecule is COC(=O)CCC(=O)CC1CCOC2(CCCC2)C1. The van der Waals surface area contributed by atoms with Crippen LogP contribution in [0.25, 0.3) is 0 Å². The quantitative estimate of drug-likeness (QED) is 0.719. The molecule has 1 aliphatic heterocycles. The van der Waals surface area contributed by atoms with Gasteiger partial charge in [0.25, 0.3) is 0 Å². The van der Waals surface area contributed by atoms with E-state index in [1.54, 1.807) is 0 Å². The normalized spacial score (nSPS) is 25.4. The van der Waals surface area contributed by atoms with Crippen molar-refractivity contribution in [2.45, 2.75) is 63.4 Å². The molecule has 0 aromatic heterocycles. The summed E-state index contributed by atoms with van der Waals surface area (Å²) in [5.41, 5.74) is 0.0749. The second-order valence-electron chi connectivity index (χ2n) is 5.92. The molecular weight excluding hydrogens is 244 g/mol. The first-order valence-corrected chi connectivity index (χ1v) is 7.36. The molecule has 19 heavy (non-hydrogen) atoms. The molecule has 0 aromatic rings. The Morgan fingerprint density at radius 2 is 2.00 bits per heavy atom. The summed E-state index contributed by atoms with van der Waals surface area (Å²) in [6.07, 6.45) is 7.94. The molecule has 108 valence electrons. The van der Waals surface area contributed by atoms with Gasteiger partial charge in [-0.1, -0.05) is 12.8 Å². The molecule has 4 heteroatoms. The van der Waals surface area contributed by atoms with Crippen LogP contribution in [0.15, 0.2) is 0 Å². The van der Waals surface area contributed by atoms with Gasteiger partial charge in [-0.25, -0.2) is 0 Å². The van der Waals surface area contributed by atoms with E-state index in [-0.39, 0.29) is 23.8 Å². The Hall–Kier alpha value is -0.900. The first kappa shape index (κ1) is 14.5. The molecule has 0 radical (unpaired) electrons. The number of carbonyl (C=O) groups excluding carboxylic acids is 2. The topological polar surface area (TPSA) is 52.6 Å². The minimum absolute atomic E-state index is 0.0749. The summed E-state index contributed by atoms with van der Waals surface area (Å²) >= 11 is 0. The molecule has 1 saturated carbocycles. The van der Waals surface area contributed by atoms with Crippen molar-refractivity contribution in [2.24, 2.45) is 5.92 Å². The van der Waals surface area contributed by atoms with Crippen molar-refractivity contribution >= 4 is 11.8 Å². The predicted octanol–water partition coefficient (Wildman–Crippen LogP) is 2.64. The summed E-state index contributed by atoms with van der Waals surface area (Å²) in [6.45, 7) is 0.787. The Labute approximate surface area is 114 Å². The Kier molecular flexibility index (Phi) is 4.97. The van der Waals surface area contributed by atoms with E-state index in [1.807, 2.05) is 0 Å². The number of methoxy groups -OCH3 is 1. The molecule has 1 spiro atoms. The van der Waals surface area contributed by atoms with Crippen molar-refractivity contribution in [3.63, 3.8) is 0 Å². The number of ether oxygens (including phenoxy) is 2. The predicted molar refractivity (Wildman–Crippen MR) is 70.7 cm³/mol. The van der Waals surface area contributed by atoms with Crippen LogP contribution in [0.2, 0.25) is 0 Å². The third kappa shape index (κ3) is 4.03. The lowest BCUT2D eigenvalue weighted by atomic mass is 9.82. The van der Waals surface area contributed by atoms with E-state index in [9.17, 15) is 9.59 Å². The van der Waals surface area contributed by atoms with E-state index < -0.39 is 0 Å². The second-order valence-corrected chi connectivity index (χ2v) is 5.92. The molecule has 1 atom stereocenters. The van der Waals surface area contributed by atoms with Gasteiger partial charge < -0.3 is 9.47 Å². The lowest BCUT2D eigenvalue weighted by Gasteiger charge is -2.38. The van der Waals surface area contributed by atoms with Gasteiger partial charge in [-0.15, -0.1) is 0 Å². The van der Waals surface area contributed by atoms with Crippen LogP contribution in [0, 0.1) is 5.92 Å². The lowest BCUT2D eigenvalue weighted by molar-refractivity contribution is -0.142. The molecule has 1 heterocycles. The van der Waals surface area contributed by atoms with E-state index in [4.69, 9.17) is 4.74 Å². The Morgan fingerprint density at radius 3 is 2.68 bits per heavy atom. The van der Waals surface area contributed by atoms with Crippen LogP contribution in [0.1, 0.15) is 57.8 Å².